The molecule has 7 nitrogen and oxygen atoms in total. The Kier molecular flexibility index (Phi) is 4.80. The lowest BCUT2D eigenvalue weighted by molar-refractivity contribution is 0.0570. The fourth-order valence-electron chi connectivity index (χ4n) is 2.77. The molecular weight excluding hydrogens is 301 g/mol. The fraction of sp³-hybridized carbons (Fsp3) is 0.600. The van der Waals surface area contributed by atoms with Gasteiger partial charge in [0.2, 0.25) is 5.89 Å². The van der Waals surface area contributed by atoms with Crippen molar-refractivity contribution in [3.63, 3.8) is 0 Å². The van der Waals surface area contributed by atoms with Crippen LogP contribution in [-0.2, 0) is 11.2 Å². The van der Waals surface area contributed by atoms with Gasteiger partial charge in [-0.05, 0) is 32.1 Å². The molecule has 0 saturated carbocycles. The maximum atomic E-state index is 14.4. The zero-order valence-corrected chi connectivity index (χ0v) is 13.3. The number of hydrogen-bond donors (Lipinski definition) is 1. The molecule has 2 aromatic rings. The van der Waals surface area contributed by atoms with Crippen LogP contribution in [0.3, 0.4) is 0 Å². The van der Waals surface area contributed by atoms with Gasteiger partial charge < -0.3 is 14.6 Å². The van der Waals surface area contributed by atoms with E-state index in [0.717, 1.165) is 12.8 Å². The van der Waals surface area contributed by atoms with Gasteiger partial charge in [-0.1, -0.05) is 12.1 Å². The summed E-state index contributed by atoms with van der Waals surface area (Å²) in [5.41, 5.74) is 0.384. The Hall–Kier alpha value is -2.09. The molecule has 1 aliphatic rings. The van der Waals surface area contributed by atoms with Gasteiger partial charge in [0.1, 0.15) is 12.4 Å². The van der Waals surface area contributed by atoms with Gasteiger partial charge in [-0.15, -0.1) is 0 Å². The van der Waals surface area contributed by atoms with Gasteiger partial charge >= 0.3 is 0 Å². The second-order valence-corrected chi connectivity index (χ2v) is 5.59. The number of ether oxygens (including phenoxy) is 1. The van der Waals surface area contributed by atoms with Gasteiger partial charge in [0.25, 0.3) is 0 Å². The minimum absolute atomic E-state index is 0.171. The molecule has 124 valence electrons. The third-order valence-electron chi connectivity index (χ3n) is 4.04. The Balaban J connectivity index is 1.89. The van der Waals surface area contributed by atoms with Crippen LogP contribution in [0.25, 0.3) is 0 Å². The summed E-state index contributed by atoms with van der Waals surface area (Å²) >= 11 is 0. The molecule has 0 spiro atoms. The van der Waals surface area contributed by atoms with Crippen molar-refractivity contribution in [2.75, 3.05) is 18.5 Å². The van der Waals surface area contributed by atoms with Crippen molar-refractivity contribution in [2.45, 2.75) is 39.2 Å². The quantitative estimate of drug-likeness (QED) is 0.905. The monoisotopic (exact) mass is 321 g/mol. The van der Waals surface area contributed by atoms with Crippen molar-refractivity contribution in [1.29, 1.82) is 0 Å². The van der Waals surface area contributed by atoms with Crippen molar-refractivity contribution in [2.24, 2.45) is 5.92 Å². The van der Waals surface area contributed by atoms with E-state index in [2.05, 4.69) is 25.4 Å². The molecule has 1 N–H and O–H groups in total. The van der Waals surface area contributed by atoms with Crippen LogP contribution in [0.4, 0.5) is 10.2 Å². The third-order valence-corrected chi connectivity index (χ3v) is 4.04. The highest BCUT2D eigenvalue weighted by molar-refractivity contribution is 5.39. The summed E-state index contributed by atoms with van der Waals surface area (Å²) in [5.74, 6) is 0.956. The molecule has 1 fully saturated rings. The minimum atomic E-state index is -0.428. The van der Waals surface area contributed by atoms with Gasteiger partial charge in [-0.3, -0.25) is 0 Å². The number of hydrogen-bond acceptors (Lipinski definition) is 7. The average Bonchev–Trinajstić information content (AvgIpc) is 3.01. The van der Waals surface area contributed by atoms with Crippen LogP contribution in [0.1, 0.15) is 43.2 Å². The minimum Gasteiger partial charge on any atom is -0.381 e. The first-order chi connectivity index (χ1) is 11.2. The van der Waals surface area contributed by atoms with Gasteiger partial charge in [0.15, 0.2) is 17.5 Å². The fourth-order valence-corrected chi connectivity index (χ4v) is 2.77. The van der Waals surface area contributed by atoms with Crippen LogP contribution in [0.5, 0.6) is 0 Å². The number of rotatable bonds is 5. The summed E-state index contributed by atoms with van der Waals surface area (Å²) in [4.78, 5) is 12.3. The molecule has 2 aromatic heterocycles. The molecule has 0 aromatic carbocycles. The summed E-state index contributed by atoms with van der Waals surface area (Å²) in [6.07, 6.45) is 3.55. The van der Waals surface area contributed by atoms with Crippen molar-refractivity contribution < 1.29 is 13.7 Å². The van der Waals surface area contributed by atoms with Crippen molar-refractivity contribution in [3.05, 3.63) is 29.6 Å². The Bertz CT molecular complexity index is 657. The molecule has 1 saturated heterocycles. The van der Waals surface area contributed by atoms with Gasteiger partial charge in [0.05, 0.1) is 5.69 Å². The van der Waals surface area contributed by atoms with Crippen molar-refractivity contribution >= 4 is 5.82 Å². The predicted octanol–water partition coefficient (Wildman–Crippen LogP) is 2.45. The van der Waals surface area contributed by atoms with Crippen LogP contribution in [0.15, 0.2) is 10.9 Å². The van der Waals surface area contributed by atoms with Crippen molar-refractivity contribution in [1.82, 2.24) is 20.1 Å². The predicted molar refractivity (Wildman–Crippen MR) is 80.3 cm³/mol. The molecule has 0 aliphatic carbocycles. The SMILES string of the molecule is CCc1ncnc(N[C@H](c2nc(C)no2)C2CCOCC2)c1F. The normalized spacial score (nSPS) is 17.2. The largest absolute Gasteiger partial charge is 0.381 e. The van der Waals surface area contributed by atoms with E-state index in [0.29, 0.717) is 37.0 Å². The van der Waals surface area contributed by atoms with E-state index in [9.17, 15) is 4.39 Å². The maximum absolute atomic E-state index is 14.4. The molecule has 0 amide bonds. The molecule has 0 radical (unpaired) electrons. The topological polar surface area (TPSA) is 86.0 Å². The Morgan fingerprint density at radius 2 is 2.13 bits per heavy atom. The van der Waals surface area contributed by atoms with E-state index < -0.39 is 5.82 Å². The first kappa shape index (κ1) is 15.8. The zero-order valence-electron chi connectivity index (χ0n) is 13.3. The molecule has 1 aliphatic heterocycles. The molecule has 23 heavy (non-hydrogen) atoms. The zero-order chi connectivity index (χ0) is 16.2. The summed E-state index contributed by atoms with van der Waals surface area (Å²) in [6.45, 7) is 4.95. The van der Waals surface area contributed by atoms with E-state index in [-0.39, 0.29) is 17.8 Å². The van der Waals surface area contributed by atoms with Crippen LogP contribution in [0, 0.1) is 18.7 Å². The molecule has 0 bridgehead atoms. The highest BCUT2D eigenvalue weighted by atomic mass is 19.1. The van der Waals surface area contributed by atoms with Crippen molar-refractivity contribution in [3.8, 4) is 0 Å². The lowest BCUT2D eigenvalue weighted by Gasteiger charge is -2.29. The summed E-state index contributed by atoms with van der Waals surface area (Å²) in [5, 5.41) is 6.99. The van der Waals surface area contributed by atoms with Gasteiger partial charge in [-0.25, -0.2) is 14.4 Å². The molecule has 3 rings (SSSR count). The van der Waals surface area contributed by atoms with Gasteiger partial charge in [0, 0.05) is 13.2 Å². The first-order valence-corrected chi connectivity index (χ1v) is 7.83. The Morgan fingerprint density at radius 3 is 2.78 bits per heavy atom. The summed E-state index contributed by atoms with van der Waals surface area (Å²) in [6, 6.07) is -0.297. The lowest BCUT2D eigenvalue weighted by Crippen LogP contribution is -2.28. The van der Waals surface area contributed by atoms with Crippen LogP contribution >= 0.6 is 0 Å². The standard InChI is InChI=1S/C15H20FN5O2/c1-3-11-12(16)14(18-8-17-11)20-13(10-4-6-22-7-5-10)15-19-9(2)21-23-15/h8,10,13H,3-7H2,1-2H3,(H,17,18,20)/t13-/m0/s1. The van der Waals surface area contributed by atoms with E-state index in [1.54, 1.807) is 6.92 Å². The number of aromatic nitrogens is 4. The highest BCUT2D eigenvalue weighted by Crippen LogP contribution is 2.32. The lowest BCUT2D eigenvalue weighted by atomic mass is 9.91. The van der Waals surface area contributed by atoms with E-state index in [1.807, 2.05) is 6.92 Å². The summed E-state index contributed by atoms with van der Waals surface area (Å²) < 4.78 is 25.2. The number of anilines is 1. The number of halogens is 1. The van der Waals surface area contributed by atoms with E-state index in [1.165, 1.54) is 6.33 Å². The molecule has 3 heterocycles. The summed E-state index contributed by atoms with van der Waals surface area (Å²) in [7, 11) is 0. The highest BCUT2D eigenvalue weighted by Gasteiger charge is 2.31. The molecule has 0 unspecified atom stereocenters. The van der Waals surface area contributed by atoms with Gasteiger partial charge in [-0.2, -0.15) is 4.98 Å². The van der Waals surface area contributed by atoms with E-state index in [4.69, 9.17) is 9.26 Å². The first-order valence-electron chi connectivity index (χ1n) is 7.83. The Labute approximate surface area is 133 Å². The van der Waals surface area contributed by atoms with E-state index >= 15 is 0 Å². The third kappa shape index (κ3) is 3.47. The second kappa shape index (κ2) is 6.99. The van der Waals surface area contributed by atoms with Crippen LogP contribution in [-0.4, -0.2) is 33.3 Å². The molecular formula is C15H20FN5O2. The number of aryl methyl sites for hydroxylation is 2. The van der Waals surface area contributed by atoms with Crippen LogP contribution < -0.4 is 5.32 Å². The maximum Gasteiger partial charge on any atom is 0.249 e. The number of nitrogens with one attached hydrogen (secondary N) is 1. The molecule has 1 atom stereocenters. The number of nitrogens with zero attached hydrogens (tertiary/aromatic N) is 4. The second-order valence-electron chi connectivity index (χ2n) is 5.59. The van der Waals surface area contributed by atoms with Crippen LogP contribution in [0.2, 0.25) is 0 Å². The smallest absolute Gasteiger partial charge is 0.249 e. The Morgan fingerprint density at radius 1 is 1.35 bits per heavy atom. The molecule has 8 heteroatoms. The average molecular weight is 321 g/mol.